The molecule has 7 heteroatoms. The molecule has 0 aromatic heterocycles. The number of ether oxygens (including phenoxy) is 1. The van der Waals surface area contributed by atoms with Crippen molar-refractivity contribution in [3.63, 3.8) is 0 Å². The number of nitrogens with zero attached hydrogens (tertiary/aromatic N) is 2. The molecule has 0 bridgehead atoms. The topological polar surface area (TPSA) is 104 Å². The van der Waals surface area contributed by atoms with Gasteiger partial charge in [-0.2, -0.15) is 5.26 Å². The highest BCUT2D eigenvalue weighted by molar-refractivity contribution is 6.20. The first-order valence-corrected chi connectivity index (χ1v) is 9.65. The molecule has 2 N–H and O–H groups in total. The molecule has 152 valence electrons. The summed E-state index contributed by atoms with van der Waals surface area (Å²) in [6, 6.07) is 15.8. The van der Waals surface area contributed by atoms with Crippen molar-refractivity contribution in [1.29, 1.82) is 5.26 Å². The van der Waals surface area contributed by atoms with Crippen LogP contribution in [0.4, 0.5) is 0 Å². The van der Waals surface area contributed by atoms with Gasteiger partial charge in [0.15, 0.2) is 0 Å². The summed E-state index contributed by atoms with van der Waals surface area (Å²) < 4.78 is 5.11. The number of unbranched alkanes of at least 4 members (excludes halogenated alkanes) is 1. The molecule has 0 unspecified atom stereocenters. The van der Waals surface area contributed by atoms with Crippen LogP contribution in [-0.2, 0) is 4.79 Å². The Morgan fingerprint density at radius 1 is 1.10 bits per heavy atom. The lowest BCUT2D eigenvalue weighted by Gasteiger charge is -2.07. The second kappa shape index (κ2) is 9.52. The summed E-state index contributed by atoms with van der Waals surface area (Å²) >= 11 is 0. The van der Waals surface area contributed by atoms with Crippen LogP contribution in [0.25, 0.3) is 5.70 Å². The Balaban J connectivity index is 1.92. The number of methoxy groups -OCH3 is 1. The maximum atomic E-state index is 12.7. The van der Waals surface area contributed by atoms with Crippen molar-refractivity contribution >= 4 is 23.3 Å². The third-order valence-corrected chi connectivity index (χ3v) is 4.64. The average molecular weight is 402 g/mol. The Bertz CT molecular complexity index is 1060. The van der Waals surface area contributed by atoms with E-state index in [-0.39, 0.29) is 17.2 Å². The minimum absolute atomic E-state index is 0.0766. The number of carbonyl (C=O) groups is 2. The lowest BCUT2D eigenvalue weighted by molar-refractivity contribution is -0.117. The number of amides is 2. The van der Waals surface area contributed by atoms with Gasteiger partial charge in [-0.25, -0.2) is 4.99 Å². The number of fused-ring (bicyclic) bond motifs is 1. The van der Waals surface area contributed by atoms with Crippen LogP contribution < -0.4 is 15.4 Å². The smallest absolute Gasteiger partial charge is 0.264 e. The zero-order chi connectivity index (χ0) is 21.5. The van der Waals surface area contributed by atoms with Gasteiger partial charge in [0.25, 0.3) is 11.8 Å². The molecule has 0 saturated carbocycles. The van der Waals surface area contributed by atoms with Crippen molar-refractivity contribution in [3.8, 4) is 11.8 Å². The number of nitrogens with one attached hydrogen (secondary N) is 2. The van der Waals surface area contributed by atoms with Crippen LogP contribution in [0.15, 0.2) is 59.1 Å². The van der Waals surface area contributed by atoms with E-state index in [2.05, 4.69) is 15.6 Å². The molecule has 0 radical (unpaired) electrons. The molecule has 1 aliphatic heterocycles. The summed E-state index contributed by atoms with van der Waals surface area (Å²) in [5.41, 5.74) is 1.90. The Hall–Kier alpha value is -3.92. The largest absolute Gasteiger partial charge is 0.497 e. The average Bonchev–Trinajstić information content (AvgIpc) is 3.13. The van der Waals surface area contributed by atoms with E-state index in [1.807, 2.05) is 19.1 Å². The highest BCUT2D eigenvalue weighted by atomic mass is 16.5. The third-order valence-electron chi connectivity index (χ3n) is 4.64. The quantitative estimate of drug-likeness (QED) is 0.440. The van der Waals surface area contributed by atoms with E-state index in [9.17, 15) is 14.9 Å². The molecular formula is C23H22N4O3. The SMILES string of the molecule is CCCCNC(=O)/C(C#N)=C1\N=C(NC(=O)c2ccc(OC)cc2)c2ccccc21. The van der Waals surface area contributed by atoms with Crippen LogP contribution in [0.2, 0.25) is 0 Å². The minimum atomic E-state index is -0.470. The molecule has 0 aliphatic carbocycles. The predicted octanol–water partition coefficient (Wildman–Crippen LogP) is 3.04. The fourth-order valence-electron chi connectivity index (χ4n) is 3.01. The van der Waals surface area contributed by atoms with Gasteiger partial charge >= 0.3 is 0 Å². The first-order valence-electron chi connectivity index (χ1n) is 9.65. The molecule has 2 amide bonds. The standard InChI is InChI=1S/C23H22N4O3/c1-3-4-13-25-23(29)19(14-24)20-17-7-5-6-8-18(17)21(26-20)27-22(28)15-9-11-16(30-2)12-10-15/h5-12H,3-4,13H2,1-2H3,(H,25,29)(H,26,27,28)/b20-19-. The Kier molecular flexibility index (Phi) is 6.60. The van der Waals surface area contributed by atoms with Gasteiger partial charge in [-0.15, -0.1) is 0 Å². The van der Waals surface area contributed by atoms with Crippen LogP contribution in [0, 0.1) is 11.3 Å². The van der Waals surface area contributed by atoms with Gasteiger partial charge in [0.2, 0.25) is 0 Å². The summed E-state index contributed by atoms with van der Waals surface area (Å²) in [5, 5.41) is 15.1. The van der Waals surface area contributed by atoms with E-state index in [0.717, 1.165) is 12.8 Å². The molecule has 2 aromatic carbocycles. The van der Waals surface area contributed by atoms with E-state index in [1.54, 1.807) is 49.6 Å². The third kappa shape index (κ3) is 4.39. The number of hydrogen-bond donors (Lipinski definition) is 2. The molecule has 0 spiro atoms. The molecule has 1 aliphatic rings. The van der Waals surface area contributed by atoms with Crippen molar-refractivity contribution in [1.82, 2.24) is 10.6 Å². The molecule has 3 rings (SSSR count). The first kappa shape index (κ1) is 20.8. The summed E-state index contributed by atoms with van der Waals surface area (Å²) in [5.74, 6) is 0.129. The van der Waals surface area contributed by atoms with E-state index in [1.165, 1.54) is 0 Å². The first-order chi connectivity index (χ1) is 14.6. The van der Waals surface area contributed by atoms with Gasteiger partial charge in [0.1, 0.15) is 23.2 Å². The fraction of sp³-hybridized carbons (Fsp3) is 0.217. The van der Waals surface area contributed by atoms with Crippen molar-refractivity contribution in [2.45, 2.75) is 19.8 Å². The highest BCUT2D eigenvalue weighted by Gasteiger charge is 2.27. The zero-order valence-electron chi connectivity index (χ0n) is 16.9. The van der Waals surface area contributed by atoms with Crippen LogP contribution in [0.5, 0.6) is 5.75 Å². The van der Waals surface area contributed by atoms with Gasteiger partial charge in [-0.05, 0) is 30.7 Å². The van der Waals surface area contributed by atoms with Gasteiger partial charge in [0, 0.05) is 23.2 Å². The fourth-order valence-corrected chi connectivity index (χ4v) is 3.01. The molecule has 2 aromatic rings. The maximum absolute atomic E-state index is 12.7. The second-order valence-corrected chi connectivity index (χ2v) is 6.63. The number of carbonyl (C=O) groups excluding carboxylic acids is 2. The van der Waals surface area contributed by atoms with Crippen LogP contribution in [0.3, 0.4) is 0 Å². The van der Waals surface area contributed by atoms with Gasteiger partial charge in [-0.3, -0.25) is 9.59 Å². The molecule has 1 heterocycles. The normalized spacial score (nSPS) is 13.6. The van der Waals surface area contributed by atoms with Crippen LogP contribution in [-0.4, -0.2) is 31.3 Å². The van der Waals surface area contributed by atoms with E-state index in [0.29, 0.717) is 34.8 Å². The van der Waals surface area contributed by atoms with Gasteiger partial charge in [-0.1, -0.05) is 37.6 Å². The Morgan fingerprint density at radius 2 is 1.80 bits per heavy atom. The maximum Gasteiger partial charge on any atom is 0.264 e. The number of rotatable bonds is 6. The number of nitriles is 1. The van der Waals surface area contributed by atoms with Crippen LogP contribution in [0.1, 0.15) is 41.3 Å². The molecule has 0 fully saturated rings. The Morgan fingerprint density at radius 3 is 2.43 bits per heavy atom. The number of aliphatic imine (C=N–C) groups is 1. The second-order valence-electron chi connectivity index (χ2n) is 6.63. The van der Waals surface area contributed by atoms with Crippen molar-refractivity contribution in [3.05, 3.63) is 70.8 Å². The van der Waals surface area contributed by atoms with Gasteiger partial charge < -0.3 is 15.4 Å². The van der Waals surface area contributed by atoms with Crippen molar-refractivity contribution < 1.29 is 14.3 Å². The van der Waals surface area contributed by atoms with Crippen LogP contribution >= 0.6 is 0 Å². The van der Waals surface area contributed by atoms with Crippen molar-refractivity contribution in [2.75, 3.05) is 13.7 Å². The molecular weight excluding hydrogens is 380 g/mol. The Labute approximate surface area is 175 Å². The lowest BCUT2D eigenvalue weighted by atomic mass is 10.0. The summed E-state index contributed by atoms with van der Waals surface area (Å²) in [6.45, 7) is 2.51. The summed E-state index contributed by atoms with van der Waals surface area (Å²) in [6.07, 6.45) is 1.75. The van der Waals surface area contributed by atoms with E-state index >= 15 is 0 Å². The summed E-state index contributed by atoms with van der Waals surface area (Å²) in [7, 11) is 1.55. The monoisotopic (exact) mass is 402 g/mol. The molecule has 0 atom stereocenters. The molecule has 7 nitrogen and oxygen atoms in total. The molecule has 0 saturated heterocycles. The number of amidine groups is 1. The molecule has 30 heavy (non-hydrogen) atoms. The summed E-state index contributed by atoms with van der Waals surface area (Å²) in [4.78, 5) is 29.6. The predicted molar refractivity (Wildman–Crippen MR) is 114 cm³/mol. The van der Waals surface area contributed by atoms with E-state index < -0.39 is 5.91 Å². The minimum Gasteiger partial charge on any atom is -0.497 e. The highest BCUT2D eigenvalue weighted by Crippen LogP contribution is 2.30. The van der Waals surface area contributed by atoms with Gasteiger partial charge in [0.05, 0.1) is 12.8 Å². The zero-order valence-corrected chi connectivity index (χ0v) is 16.9. The number of benzene rings is 2. The lowest BCUT2D eigenvalue weighted by Crippen LogP contribution is -2.30. The number of hydrogen-bond acceptors (Lipinski definition) is 5. The van der Waals surface area contributed by atoms with E-state index in [4.69, 9.17) is 4.74 Å². The van der Waals surface area contributed by atoms with Crippen molar-refractivity contribution in [2.24, 2.45) is 4.99 Å².